The van der Waals surface area contributed by atoms with E-state index >= 15 is 0 Å². The Morgan fingerprint density at radius 3 is 2.71 bits per heavy atom. The normalized spacial score (nSPS) is 13.8. The first-order valence-corrected chi connectivity index (χ1v) is 8.09. The summed E-state index contributed by atoms with van der Waals surface area (Å²) in [6.45, 7) is 1.09. The lowest BCUT2D eigenvalue weighted by atomic mass is 9.99. The Morgan fingerprint density at radius 1 is 1.08 bits per heavy atom. The molecule has 0 atom stereocenters. The van der Waals surface area contributed by atoms with Gasteiger partial charge in [-0.3, -0.25) is 4.79 Å². The van der Waals surface area contributed by atoms with Crippen molar-refractivity contribution in [3.63, 3.8) is 0 Å². The third-order valence-electron chi connectivity index (χ3n) is 4.34. The third-order valence-corrected chi connectivity index (χ3v) is 4.58. The van der Waals surface area contributed by atoms with Crippen molar-refractivity contribution in [2.45, 2.75) is 13.0 Å². The van der Waals surface area contributed by atoms with E-state index in [4.69, 9.17) is 16.0 Å². The molecule has 0 unspecified atom stereocenters. The highest BCUT2D eigenvalue weighted by Gasteiger charge is 2.24. The summed E-state index contributed by atoms with van der Waals surface area (Å²) in [5.74, 6) is -0.305. The first kappa shape index (κ1) is 15.0. The van der Waals surface area contributed by atoms with Gasteiger partial charge >= 0.3 is 5.63 Å². The van der Waals surface area contributed by atoms with Crippen molar-refractivity contribution < 1.29 is 9.21 Å². The van der Waals surface area contributed by atoms with Crippen LogP contribution in [-0.2, 0) is 13.0 Å². The van der Waals surface area contributed by atoms with Crippen molar-refractivity contribution in [1.82, 2.24) is 4.90 Å². The molecule has 1 aliphatic heterocycles. The van der Waals surface area contributed by atoms with Gasteiger partial charge in [-0.2, -0.15) is 0 Å². The predicted octanol–water partition coefficient (Wildman–Crippen LogP) is 3.64. The van der Waals surface area contributed by atoms with Crippen molar-refractivity contribution in [2.24, 2.45) is 0 Å². The molecular weight excluding hydrogens is 326 g/mol. The fourth-order valence-corrected chi connectivity index (χ4v) is 3.26. The maximum absolute atomic E-state index is 12.8. The van der Waals surface area contributed by atoms with Crippen molar-refractivity contribution in [2.75, 3.05) is 6.54 Å². The number of carbonyl (C=O) groups is 1. The van der Waals surface area contributed by atoms with E-state index in [0.29, 0.717) is 29.1 Å². The van der Waals surface area contributed by atoms with Crippen LogP contribution in [0.5, 0.6) is 0 Å². The van der Waals surface area contributed by atoms with E-state index in [9.17, 15) is 9.59 Å². The number of halogens is 1. The van der Waals surface area contributed by atoms with Crippen LogP contribution in [0, 0.1) is 0 Å². The molecule has 0 saturated heterocycles. The second-order valence-electron chi connectivity index (χ2n) is 5.88. The summed E-state index contributed by atoms with van der Waals surface area (Å²) in [4.78, 5) is 26.7. The quantitative estimate of drug-likeness (QED) is 0.636. The number of nitrogens with zero attached hydrogens (tertiary/aromatic N) is 1. The standard InChI is InChI=1S/C19H14ClNO3/c20-15-5-6-17-14(9-15)10-16(19(23)24-17)18(22)21-8-7-12-3-1-2-4-13(12)11-21/h1-6,9-10H,7-8,11H2. The summed E-state index contributed by atoms with van der Waals surface area (Å²) in [7, 11) is 0. The highest BCUT2D eigenvalue weighted by molar-refractivity contribution is 6.31. The Morgan fingerprint density at radius 2 is 1.88 bits per heavy atom. The third kappa shape index (κ3) is 2.59. The van der Waals surface area contributed by atoms with E-state index in [1.165, 1.54) is 5.56 Å². The molecule has 0 saturated carbocycles. The lowest BCUT2D eigenvalue weighted by Crippen LogP contribution is -2.38. The van der Waals surface area contributed by atoms with Gasteiger partial charge in [0.1, 0.15) is 11.1 Å². The molecule has 5 heteroatoms. The average Bonchev–Trinajstić information content (AvgIpc) is 2.60. The highest BCUT2D eigenvalue weighted by atomic mass is 35.5. The molecule has 120 valence electrons. The number of amides is 1. The monoisotopic (exact) mass is 339 g/mol. The van der Waals surface area contributed by atoms with Crippen LogP contribution >= 0.6 is 11.6 Å². The fraction of sp³-hybridized carbons (Fsp3) is 0.158. The average molecular weight is 340 g/mol. The Hall–Kier alpha value is -2.59. The summed E-state index contributed by atoms with van der Waals surface area (Å²) in [5, 5.41) is 1.17. The largest absolute Gasteiger partial charge is 0.422 e. The SMILES string of the molecule is O=C(c1cc2cc(Cl)ccc2oc1=O)N1CCc2ccccc2C1. The molecule has 0 radical (unpaired) electrons. The van der Waals surface area contributed by atoms with Gasteiger partial charge in [-0.15, -0.1) is 0 Å². The van der Waals surface area contributed by atoms with Gasteiger partial charge in [0.15, 0.2) is 0 Å². The van der Waals surface area contributed by atoms with Gasteiger partial charge in [-0.25, -0.2) is 4.79 Å². The van der Waals surface area contributed by atoms with Crippen molar-refractivity contribution >= 4 is 28.5 Å². The topological polar surface area (TPSA) is 50.5 Å². The number of rotatable bonds is 1. The second kappa shape index (κ2) is 5.80. The van der Waals surface area contributed by atoms with Crippen LogP contribution in [-0.4, -0.2) is 17.4 Å². The molecule has 0 N–H and O–H groups in total. The Kier molecular flexibility index (Phi) is 3.62. The smallest absolute Gasteiger partial charge is 0.349 e. The number of carbonyl (C=O) groups excluding carboxylic acids is 1. The van der Waals surface area contributed by atoms with E-state index in [1.54, 1.807) is 29.2 Å². The van der Waals surface area contributed by atoms with Gasteiger partial charge in [0.2, 0.25) is 0 Å². The van der Waals surface area contributed by atoms with Crippen LogP contribution in [0.4, 0.5) is 0 Å². The van der Waals surface area contributed by atoms with Crippen molar-refractivity contribution in [1.29, 1.82) is 0 Å². The fourth-order valence-electron chi connectivity index (χ4n) is 3.08. The Balaban J connectivity index is 1.71. The first-order valence-electron chi connectivity index (χ1n) is 7.71. The Bertz CT molecular complexity index is 1010. The number of fused-ring (bicyclic) bond motifs is 2. The van der Waals surface area contributed by atoms with Crippen LogP contribution in [0.1, 0.15) is 21.5 Å². The molecular formula is C19H14ClNO3. The molecule has 0 fully saturated rings. The van der Waals surface area contributed by atoms with Crippen LogP contribution < -0.4 is 5.63 Å². The van der Waals surface area contributed by atoms with Crippen LogP contribution in [0.15, 0.2) is 57.7 Å². The van der Waals surface area contributed by atoms with Crippen LogP contribution in [0.2, 0.25) is 5.02 Å². The zero-order valence-electron chi connectivity index (χ0n) is 12.8. The number of benzene rings is 2. The van der Waals surface area contributed by atoms with E-state index < -0.39 is 5.63 Å². The van der Waals surface area contributed by atoms with Gasteiger partial charge < -0.3 is 9.32 Å². The lowest BCUT2D eigenvalue weighted by molar-refractivity contribution is 0.0730. The molecule has 2 heterocycles. The summed E-state index contributed by atoms with van der Waals surface area (Å²) < 4.78 is 5.27. The second-order valence-corrected chi connectivity index (χ2v) is 6.31. The molecule has 4 rings (SSSR count). The molecule has 24 heavy (non-hydrogen) atoms. The maximum atomic E-state index is 12.8. The molecule has 0 spiro atoms. The molecule has 1 amide bonds. The first-order chi connectivity index (χ1) is 11.6. The summed E-state index contributed by atoms with van der Waals surface area (Å²) in [5.41, 5.74) is 2.21. The summed E-state index contributed by atoms with van der Waals surface area (Å²) >= 11 is 5.98. The summed E-state index contributed by atoms with van der Waals surface area (Å²) in [6.07, 6.45) is 0.784. The minimum absolute atomic E-state index is 0.0455. The van der Waals surface area contributed by atoms with Gasteiger partial charge in [0.05, 0.1) is 0 Å². The summed E-state index contributed by atoms with van der Waals surface area (Å²) in [6, 6.07) is 14.6. The molecule has 1 aliphatic rings. The zero-order chi connectivity index (χ0) is 16.7. The van der Waals surface area contributed by atoms with Gasteiger partial charge in [0, 0.05) is 23.5 Å². The predicted molar refractivity (Wildman–Crippen MR) is 92.4 cm³/mol. The lowest BCUT2D eigenvalue weighted by Gasteiger charge is -2.28. The molecule has 3 aromatic rings. The molecule has 4 nitrogen and oxygen atoms in total. The molecule has 0 bridgehead atoms. The van der Waals surface area contributed by atoms with Crippen LogP contribution in [0.3, 0.4) is 0 Å². The van der Waals surface area contributed by atoms with Crippen molar-refractivity contribution in [3.8, 4) is 0 Å². The van der Waals surface area contributed by atoms with E-state index in [2.05, 4.69) is 6.07 Å². The molecule has 2 aromatic carbocycles. The van der Waals surface area contributed by atoms with Crippen molar-refractivity contribution in [3.05, 3.63) is 80.7 Å². The Labute approximate surface area is 143 Å². The number of hydrogen-bond donors (Lipinski definition) is 0. The number of hydrogen-bond acceptors (Lipinski definition) is 3. The zero-order valence-corrected chi connectivity index (χ0v) is 13.5. The van der Waals surface area contributed by atoms with E-state index in [0.717, 1.165) is 12.0 Å². The molecule has 1 aromatic heterocycles. The van der Waals surface area contributed by atoms with E-state index in [1.807, 2.05) is 18.2 Å². The minimum Gasteiger partial charge on any atom is -0.422 e. The highest BCUT2D eigenvalue weighted by Crippen LogP contribution is 2.22. The van der Waals surface area contributed by atoms with Gasteiger partial charge in [0.25, 0.3) is 5.91 Å². The minimum atomic E-state index is -0.617. The molecule has 0 aliphatic carbocycles. The van der Waals surface area contributed by atoms with E-state index in [-0.39, 0.29) is 11.5 Å². The van der Waals surface area contributed by atoms with Gasteiger partial charge in [-0.1, -0.05) is 35.9 Å². The maximum Gasteiger partial charge on any atom is 0.349 e. The van der Waals surface area contributed by atoms with Gasteiger partial charge in [-0.05, 0) is 41.8 Å². The van der Waals surface area contributed by atoms with Crippen LogP contribution in [0.25, 0.3) is 11.0 Å².